The number of hydrogen-bond donors (Lipinski definition) is 3. The molecule has 7 nitrogen and oxygen atoms in total. The largest absolute Gasteiger partial charge is 0.353 e. The number of rotatable bonds is 4. The van der Waals surface area contributed by atoms with Crippen LogP contribution in [0.25, 0.3) is 55.6 Å². The molecule has 0 unspecified atom stereocenters. The molecule has 194 valence electrons. The number of amides is 1. The number of carbonyl (C=O) groups excluding carboxylic acids is 1. The number of fused-ring (bicyclic) bond motifs is 2. The van der Waals surface area contributed by atoms with Crippen LogP contribution in [0.5, 0.6) is 0 Å². The van der Waals surface area contributed by atoms with E-state index in [2.05, 4.69) is 30.5 Å². The summed E-state index contributed by atoms with van der Waals surface area (Å²) >= 11 is 0. The van der Waals surface area contributed by atoms with Crippen molar-refractivity contribution in [2.45, 2.75) is 27.7 Å². The van der Waals surface area contributed by atoms with Crippen LogP contribution in [0.15, 0.2) is 73.2 Å². The molecule has 0 aliphatic heterocycles. The van der Waals surface area contributed by atoms with E-state index in [1.54, 1.807) is 24.7 Å². The molecule has 0 atom stereocenters. The summed E-state index contributed by atoms with van der Waals surface area (Å²) in [6, 6.07) is 16.9. The lowest BCUT2D eigenvalue weighted by atomic mass is 9.95. The van der Waals surface area contributed by atoms with Gasteiger partial charge in [-0.3, -0.25) is 19.9 Å². The molecule has 0 saturated carbocycles. The molecule has 39 heavy (non-hydrogen) atoms. The zero-order valence-corrected chi connectivity index (χ0v) is 22.1. The van der Waals surface area contributed by atoms with Crippen LogP contribution < -0.4 is 5.32 Å². The minimum atomic E-state index is -0.522. The number of halogens is 1. The van der Waals surface area contributed by atoms with E-state index in [9.17, 15) is 9.18 Å². The lowest BCUT2D eigenvalue weighted by molar-refractivity contribution is -0.123. The molecule has 8 heteroatoms. The number of aryl methyl sites for hydroxylation is 1. The van der Waals surface area contributed by atoms with Crippen LogP contribution in [0.2, 0.25) is 0 Å². The van der Waals surface area contributed by atoms with Crippen molar-refractivity contribution >= 4 is 33.4 Å². The Hall–Kier alpha value is -4.85. The van der Waals surface area contributed by atoms with E-state index in [0.717, 1.165) is 55.4 Å². The molecule has 0 aliphatic rings. The van der Waals surface area contributed by atoms with Crippen LogP contribution in [-0.4, -0.2) is 31.1 Å². The van der Waals surface area contributed by atoms with Gasteiger partial charge in [-0.1, -0.05) is 39.0 Å². The maximum atomic E-state index is 14.2. The highest BCUT2D eigenvalue weighted by molar-refractivity contribution is 6.01. The summed E-state index contributed by atoms with van der Waals surface area (Å²) < 4.78 is 14.2. The zero-order chi connectivity index (χ0) is 27.3. The number of aromatic nitrogens is 5. The smallest absolute Gasteiger partial charge is 0.229 e. The van der Waals surface area contributed by atoms with E-state index < -0.39 is 5.41 Å². The van der Waals surface area contributed by atoms with Gasteiger partial charge in [0.15, 0.2) is 0 Å². The van der Waals surface area contributed by atoms with Gasteiger partial charge in [-0.05, 0) is 60.0 Å². The van der Waals surface area contributed by atoms with Crippen molar-refractivity contribution in [3.05, 3.63) is 84.6 Å². The lowest BCUT2D eigenvalue weighted by Crippen LogP contribution is -2.27. The Balaban J connectivity index is 1.41. The average Bonchev–Trinajstić information content (AvgIpc) is 3.51. The zero-order valence-electron chi connectivity index (χ0n) is 22.1. The lowest BCUT2D eigenvalue weighted by Gasteiger charge is -2.17. The van der Waals surface area contributed by atoms with Gasteiger partial charge in [0.05, 0.1) is 35.0 Å². The van der Waals surface area contributed by atoms with Gasteiger partial charge in [-0.15, -0.1) is 0 Å². The van der Waals surface area contributed by atoms with Crippen molar-refractivity contribution in [1.29, 1.82) is 0 Å². The van der Waals surface area contributed by atoms with Gasteiger partial charge in [0.25, 0.3) is 0 Å². The van der Waals surface area contributed by atoms with Crippen LogP contribution in [0.4, 0.5) is 10.1 Å². The van der Waals surface area contributed by atoms with Gasteiger partial charge < -0.3 is 10.3 Å². The molecule has 6 aromatic rings. The third-order valence-corrected chi connectivity index (χ3v) is 6.69. The van der Waals surface area contributed by atoms with Crippen LogP contribution in [0.1, 0.15) is 26.3 Å². The summed E-state index contributed by atoms with van der Waals surface area (Å²) in [4.78, 5) is 24.8. The molecular weight excluding hydrogens is 491 g/mol. The molecule has 1 amide bonds. The topological polar surface area (TPSA) is 99.3 Å². The summed E-state index contributed by atoms with van der Waals surface area (Å²) in [5, 5.41) is 12.4. The van der Waals surface area contributed by atoms with E-state index in [0.29, 0.717) is 11.4 Å². The Morgan fingerprint density at radius 1 is 0.923 bits per heavy atom. The van der Waals surface area contributed by atoms with Gasteiger partial charge in [-0.25, -0.2) is 4.39 Å². The summed E-state index contributed by atoms with van der Waals surface area (Å²) in [6.07, 6.45) is 5.08. The third-order valence-electron chi connectivity index (χ3n) is 6.69. The van der Waals surface area contributed by atoms with Crippen molar-refractivity contribution in [2.75, 3.05) is 5.32 Å². The number of carbonyl (C=O) groups is 1. The Morgan fingerprint density at radius 3 is 2.56 bits per heavy atom. The van der Waals surface area contributed by atoms with Gasteiger partial charge in [0.1, 0.15) is 11.5 Å². The molecule has 0 spiro atoms. The maximum Gasteiger partial charge on any atom is 0.229 e. The Morgan fingerprint density at radius 2 is 1.77 bits per heavy atom. The first-order valence-electron chi connectivity index (χ1n) is 12.7. The number of nitrogens with zero attached hydrogens (tertiary/aromatic N) is 3. The Bertz CT molecular complexity index is 1860. The predicted octanol–water partition coefficient (Wildman–Crippen LogP) is 7.27. The third kappa shape index (κ3) is 4.65. The fourth-order valence-corrected chi connectivity index (χ4v) is 4.67. The molecule has 0 bridgehead atoms. The number of benzene rings is 2. The molecule has 0 fully saturated rings. The van der Waals surface area contributed by atoms with Crippen molar-refractivity contribution < 1.29 is 9.18 Å². The number of H-pyrrole nitrogens is 2. The Labute approximate surface area is 224 Å². The molecule has 0 radical (unpaired) electrons. The minimum Gasteiger partial charge on any atom is -0.353 e. The Kier molecular flexibility index (Phi) is 5.75. The van der Waals surface area contributed by atoms with E-state index in [1.807, 2.05) is 70.2 Å². The van der Waals surface area contributed by atoms with Gasteiger partial charge >= 0.3 is 0 Å². The van der Waals surface area contributed by atoms with E-state index >= 15 is 0 Å². The van der Waals surface area contributed by atoms with E-state index in [-0.39, 0.29) is 11.7 Å². The summed E-state index contributed by atoms with van der Waals surface area (Å²) in [7, 11) is 0. The fraction of sp³-hybridized carbons (Fsp3) is 0.161. The predicted molar refractivity (Wildman–Crippen MR) is 153 cm³/mol. The number of anilines is 1. The normalized spacial score (nSPS) is 11.8. The molecule has 0 saturated heterocycles. The highest BCUT2D eigenvalue weighted by Gasteiger charge is 2.21. The maximum absolute atomic E-state index is 14.2. The molecule has 6 rings (SSSR count). The van der Waals surface area contributed by atoms with E-state index in [1.165, 1.54) is 6.07 Å². The first-order valence-corrected chi connectivity index (χ1v) is 12.7. The number of pyridine rings is 2. The quantitative estimate of drug-likeness (QED) is 0.229. The standard InChI is InChI=1S/C31H27FN6O/c1-17-8-18(10-20(32)9-17)22-6-5-7-25-23(22)12-27(36-25)29-24-13-26(34-16-28(24)37-38-29)19-11-21(15-33-14-19)35-30(39)31(2,3)4/h5-16,36H,1-4H3,(H,35,39)(H,37,38). The van der Waals surface area contributed by atoms with Gasteiger partial charge in [0, 0.05) is 33.5 Å². The van der Waals surface area contributed by atoms with Crippen LogP contribution in [0.3, 0.4) is 0 Å². The van der Waals surface area contributed by atoms with E-state index in [4.69, 9.17) is 0 Å². The first kappa shape index (κ1) is 24.5. The van der Waals surface area contributed by atoms with Crippen molar-refractivity contribution in [3.8, 4) is 33.8 Å². The van der Waals surface area contributed by atoms with Crippen LogP contribution in [0, 0.1) is 18.2 Å². The number of nitrogens with one attached hydrogen (secondary N) is 3. The van der Waals surface area contributed by atoms with Crippen LogP contribution in [-0.2, 0) is 4.79 Å². The highest BCUT2D eigenvalue weighted by Crippen LogP contribution is 2.35. The average molecular weight is 519 g/mol. The SMILES string of the molecule is Cc1cc(F)cc(-c2cccc3[nH]c(-c4n[nH]c5cnc(-c6cncc(NC(=O)C(C)(C)C)c6)cc45)cc23)c1. The molecule has 3 N–H and O–H groups in total. The molecule has 4 aromatic heterocycles. The summed E-state index contributed by atoms with van der Waals surface area (Å²) in [5.74, 6) is -0.346. The van der Waals surface area contributed by atoms with Gasteiger partial charge in [-0.2, -0.15) is 5.10 Å². The molecule has 4 heterocycles. The van der Waals surface area contributed by atoms with Crippen molar-refractivity contribution in [2.24, 2.45) is 5.41 Å². The second kappa shape index (κ2) is 9.16. The molecular formula is C31H27FN6O. The number of aromatic amines is 2. The van der Waals surface area contributed by atoms with Crippen LogP contribution >= 0.6 is 0 Å². The molecule has 2 aromatic carbocycles. The van der Waals surface area contributed by atoms with Crippen molar-refractivity contribution in [1.82, 2.24) is 25.1 Å². The second-order valence-corrected chi connectivity index (χ2v) is 10.8. The fourth-order valence-electron chi connectivity index (χ4n) is 4.67. The first-order chi connectivity index (χ1) is 18.7. The summed E-state index contributed by atoms with van der Waals surface area (Å²) in [6.45, 7) is 7.48. The summed E-state index contributed by atoms with van der Waals surface area (Å²) in [5.41, 5.74) is 7.51. The number of hydrogen-bond acceptors (Lipinski definition) is 4. The second-order valence-electron chi connectivity index (χ2n) is 10.8. The monoisotopic (exact) mass is 518 g/mol. The van der Waals surface area contributed by atoms with Crippen molar-refractivity contribution in [3.63, 3.8) is 0 Å². The van der Waals surface area contributed by atoms with Gasteiger partial charge in [0.2, 0.25) is 5.91 Å². The molecule has 0 aliphatic carbocycles. The highest BCUT2D eigenvalue weighted by atomic mass is 19.1. The minimum absolute atomic E-state index is 0.0893.